The number of nitrogens with zero attached hydrogens (tertiary/aromatic N) is 5. The van der Waals surface area contributed by atoms with Crippen LogP contribution in [0.4, 0.5) is 5.69 Å². The molecular weight excluding hydrogens is 354 g/mol. The van der Waals surface area contributed by atoms with Crippen LogP contribution in [0.5, 0.6) is 0 Å². The van der Waals surface area contributed by atoms with E-state index < -0.39 is 0 Å². The molecule has 0 spiro atoms. The van der Waals surface area contributed by atoms with E-state index in [0.29, 0.717) is 23.4 Å². The van der Waals surface area contributed by atoms with E-state index in [0.717, 1.165) is 16.8 Å². The third-order valence-electron chi connectivity index (χ3n) is 4.65. The van der Waals surface area contributed by atoms with Gasteiger partial charge in [-0.1, -0.05) is 47.1 Å². The largest absolute Gasteiger partial charge is 0.467 e. The van der Waals surface area contributed by atoms with E-state index in [-0.39, 0.29) is 11.9 Å². The molecule has 1 amide bonds. The first-order valence-corrected chi connectivity index (χ1v) is 8.82. The molecule has 2 aromatic carbocycles. The van der Waals surface area contributed by atoms with Crippen molar-refractivity contribution in [2.75, 3.05) is 0 Å². The molecule has 0 saturated heterocycles. The van der Waals surface area contributed by atoms with E-state index in [9.17, 15) is 4.79 Å². The number of rotatable bonds is 4. The summed E-state index contributed by atoms with van der Waals surface area (Å²) >= 11 is 0. The molecule has 1 aromatic heterocycles. The van der Waals surface area contributed by atoms with Gasteiger partial charge in [0, 0.05) is 22.6 Å². The highest BCUT2D eigenvalue weighted by atomic mass is 16.3. The molecule has 1 aliphatic rings. The molecule has 0 bridgehead atoms. The van der Waals surface area contributed by atoms with E-state index in [1.165, 1.54) is 5.01 Å². The molecule has 0 fully saturated rings. The summed E-state index contributed by atoms with van der Waals surface area (Å²) in [6.07, 6.45) is 2.13. The van der Waals surface area contributed by atoms with E-state index in [2.05, 4.69) is 15.1 Å². The van der Waals surface area contributed by atoms with Gasteiger partial charge >= 0.3 is 0 Å². The molecule has 1 aliphatic heterocycles. The number of aryl methyl sites for hydroxylation is 1. The fourth-order valence-corrected chi connectivity index (χ4v) is 3.18. The second-order valence-electron chi connectivity index (χ2n) is 6.53. The summed E-state index contributed by atoms with van der Waals surface area (Å²) in [5.41, 5.74) is 12.4. The van der Waals surface area contributed by atoms with Gasteiger partial charge in [-0.05, 0) is 42.3 Å². The van der Waals surface area contributed by atoms with Gasteiger partial charge in [-0.2, -0.15) is 5.10 Å². The summed E-state index contributed by atoms with van der Waals surface area (Å²) in [6, 6.07) is 17.9. The number of hydrazone groups is 1. The normalized spacial score (nSPS) is 15.8. The van der Waals surface area contributed by atoms with E-state index in [1.807, 2.05) is 37.3 Å². The Morgan fingerprint density at radius 1 is 1.18 bits per heavy atom. The average Bonchev–Trinajstić information content (AvgIpc) is 3.39. The van der Waals surface area contributed by atoms with E-state index in [1.54, 1.807) is 36.6 Å². The van der Waals surface area contributed by atoms with Gasteiger partial charge in [0.15, 0.2) is 0 Å². The molecule has 0 aliphatic carbocycles. The smallest absolute Gasteiger partial charge is 0.274 e. The van der Waals surface area contributed by atoms with Gasteiger partial charge in [0.1, 0.15) is 11.8 Å². The number of hydrogen-bond acceptors (Lipinski definition) is 4. The summed E-state index contributed by atoms with van der Waals surface area (Å²) in [5.74, 6) is 0.506. The highest BCUT2D eigenvalue weighted by molar-refractivity contribution is 6.05. The Balaban J connectivity index is 1.68. The molecular formula is C21H17N5O2. The van der Waals surface area contributed by atoms with E-state index >= 15 is 0 Å². The maximum atomic E-state index is 13.1. The van der Waals surface area contributed by atoms with Gasteiger partial charge in [0.25, 0.3) is 5.91 Å². The monoisotopic (exact) mass is 371 g/mol. The minimum atomic E-state index is -0.310. The third-order valence-corrected chi connectivity index (χ3v) is 4.65. The van der Waals surface area contributed by atoms with Gasteiger partial charge < -0.3 is 4.42 Å². The van der Waals surface area contributed by atoms with Crippen LogP contribution < -0.4 is 0 Å². The van der Waals surface area contributed by atoms with Crippen LogP contribution in [0, 0.1) is 6.92 Å². The number of hydrogen-bond donors (Lipinski definition) is 0. The van der Waals surface area contributed by atoms with Crippen molar-refractivity contribution in [1.82, 2.24) is 5.01 Å². The van der Waals surface area contributed by atoms with Crippen LogP contribution in [0.25, 0.3) is 10.4 Å². The first-order chi connectivity index (χ1) is 13.7. The Morgan fingerprint density at radius 3 is 2.57 bits per heavy atom. The lowest BCUT2D eigenvalue weighted by Crippen LogP contribution is -2.26. The molecule has 0 saturated carbocycles. The zero-order chi connectivity index (χ0) is 19.5. The summed E-state index contributed by atoms with van der Waals surface area (Å²) < 4.78 is 5.57. The molecule has 3 aromatic rings. The van der Waals surface area contributed by atoms with Crippen molar-refractivity contribution in [3.8, 4) is 0 Å². The van der Waals surface area contributed by atoms with Gasteiger partial charge in [-0.3, -0.25) is 4.79 Å². The molecule has 138 valence electrons. The highest BCUT2D eigenvalue weighted by Crippen LogP contribution is 2.34. The molecule has 0 radical (unpaired) electrons. The van der Waals surface area contributed by atoms with Gasteiger partial charge in [0.2, 0.25) is 0 Å². The van der Waals surface area contributed by atoms with Gasteiger partial charge in [-0.15, -0.1) is 0 Å². The first kappa shape index (κ1) is 17.6. The maximum absolute atomic E-state index is 13.1. The lowest BCUT2D eigenvalue weighted by atomic mass is 10.0. The van der Waals surface area contributed by atoms with Crippen molar-refractivity contribution in [3.63, 3.8) is 0 Å². The lowest BCUT2D eigenvalue weighted by Gasteiger charge is -2.20. The number of benzene rings is 2. The molecule has 2 heterocycles. The zero-order valence-corrected chi connectivity index (χ0v) is 15.2. The van der Waals surface area contributed by atoms with Crippen LogP contribution in [0.3, 0.4) is 0 Å². The predicted octanol–water partition coefficient (Wildman–Crippen LogP) is 5.52. The minimum Gasteiger partial charge on any atom is -0.467 e. The molecule has 4 rings (SSSR count). The fourth-order valence-electron chi connectivity index (χ4n) is 3.18. The second kappa shape index (κ2) is 7.42. The topological polar surface area (TPSA) is 94.6 Å². The standard InChI is InChI=1S/C21H17N5O2/c1-14-4-6-16(7-5-14)21(27)26-19(20-3-2-12-28-20)13-18(24-26)15-8-10-17(11-9-15)23-25-22/h2-12,19H,13H2,1H3. The van der Waals surface area contributed by atoms with Crippen LogP contribution in [-0.2, 0) is 0 Å². The quantitative estimate of drug-likeness (QED) is 0.343. The number of furan rings is 1. The number of amides is 1. The molecule has 7 nitrogen and oxygen atoms in total. The Kier molecular flexibility index (Phi) is 4.66. The van der Waals surface area contributed by atoms with Gasteiger partial charge in [0.05, 0.1) is 12.0 Å². The average molecular weight is 371 g/mol. The SMILES string of the molecule is Cc1ccc(C(=O)N2N=C(c3ccc(N=[N+]=[N-])cc3)CC2c2ccco2)cc1. The Bertz CT molecular complexity index is 1060. The lowest BCUT2D eigenvalue weighted by molar-refractivity contribution is 0.0693. The highest BCUT2D eigenvalue weighted by Gasteiger charge is 2.35. The fraction of sp³-hybridized carbons (Fsp3) is 0.143. The van der Waals surface area contributed by atoms with Crippen molar-refractivity contribution >= 4 is 17.3 Å². The number of azide groups is 1. The van der Waals surface area contributed by atoms with Crippen molar-refractivity contribution < 1.29 is 9.21 Å². The van der Waals surface area contributed by atoms with Crippen LogP contribution in [0.1, 0.15) is 39.7 Å². The van der Waals surface area contributed by atoms with Crippen LogP contribution in [0.2, 0.25) is 0 Å². The number of carbonyl (C=O) groups is 1. The minimum absolute atomic E-state index is 0.179. The van der Waals surface area contributed by atoms with Crippen molar-refractivity contribution in [1.29, 1.82) is 0 Å². The Hall–Kier alpha value is -3.83. The Labute approximate surface area is 161 Å². The molecule has 1 atom stereocenters. The van der Waals surface area contributed by atoms with Crippen molar-refractivity contribution in [2.45, 2.75) is 19.4 Å². The molecule has 7 heteroatoms. The summed E-state index contributed by atoms with van der Waals surface area (Å²) in [7, 11) is 0. The van der Waals surface area contributed by atoms with Gasteiger partial charge in [-0.25, -0.2) is 5.01 Å². The Morgan fingerprint density at radius 2 is 1.93 bits per heavy atom. The summed E-state index contributed by atoms with van der Waals surface area (Å²) in [5, 5.41) is 9.67. The van der Waals surface area contributed by atoms with Crippen LogP contribution >= 0.6 is 0 Å². The van der Waals surface area contributed by atoms with E-state index in [4.69, 9.17) is 9.95 Å². The predicted molar refractivity (Wildman–Crippen MR) is 105 cm³/mol. The second-order valence-corrected chi connectivity index (χ2v) is 6.53. The maximum Gasteiger partial charge on any atom is 0.274 e. The summed E-state index contributed by atoms with van der Waals surface area (Å²) in [6.45, 7) is 1.98. The van der Waals surface area contributed by atoms with Crippen LogP contribution in [-0.4, -0.2) is 16.6 Å². The summed E-state index contributed by atoms with van der Waals surface area (Å²) in [4.78, 5) is 15.9. The zero-order valence-electron chi connectivity index (χ0n) is 15.2. The number of carbonyl (C=O) groups excluding carboxylic acids is 1. The van der Waals surface area contributed by atoms with Crippen molar-refractivity contribution in [2.24, 2.45) is 10.2 Å². The molecule has 0 N–H and O–H groups in total. The van der Waals surface area contributed by atoms with Crippen molar-refractivity contribution in [3.05, 3.63) is 99.8 Å². The molecule has 28 heavy (non-hydrogen) atoms. The van der Waals surface area contributed by atoms with Crippen LogP contribution in [0.15, 0.2) is 81.6 Å². The molecule has 1 unspecified atom stereocenters. The third kappa shape index (κ3) is 3.39. The first-order valence-electron chi connectivity index (χ1n) is 8.82.